The van der Waals surface area contributed by atoms with Gasteiger partial charge in [-0.3, -0.25) is 0 Å². The van der Waals surface area contributed by atoms with E-state index in [-0.39, 0.29) is 15.0 Å². The Morgan fingerprint density at radius 1 is 1.38 bits per heavy atom. The van der Waals surface area contributed by atoms with E-state index in [1.54, 1.807) is 19.1 Å². The minimum atomic E-state index is -3.75. The molecule has 0 aromatic carbocycles. The molecule has 0 radical (unpaired) electrons. The van der Waals surface area contributed by atoms with Crippen LogP contribution in [0.25, 0.3) is 0 Å². The average Bonchev–Trinajstić information content (AvgIpc) is 2.61. The fraction of sp³-hybridized carbons (Fsp3) is 0.111. The fourth-order valence-corrected chi connectivity index (χ4v) is 3.47. The summed E-state index contributed by atoms with van der Waals surface area (Å²) in [5.74, 6) is -0.296. The second-order valence-electron chi connectivity index (χ2n) is 3.08. The zero-order valence-corrected chi connectivity index (χ0v) is 9.92. The lowest BCUT2D eigenvalue weighted by molar-refractivity contribution is 0.458. The van der Waals surface area contributed by atoms with Crippen LogP contribution in [0.3, 0.4) is 0 Å². The molecule has 1 N–H and O–H groups in total. The summed E-state index contributed by atoms with van der Waals surface area (Å²) in [5.41, 5.74) is 0.305. The van der Waals surface area contributed by atoms with E-state index in [2.05, 4.69) is 9.36 Å². The summed E-state index contributed by atoms with van der Waals surface area (Å²) in [5, 5.41) is 9.49. The number of rotatable bonds is 2. The van der Waals surface area contributed by atoms with Gasteiger partial charge in [-0.15, -0.1) is 0 Å². The molecule has 2 rings (SSSR count). The maximum absolute atomic E-state index is 12.0. The predicted octanol–water partition coefficient (Wildman–Crippen LogP) is 1.38. The first-order valence-corrected chi connectivity index (χ1v) is 6.60. The molecule has 0 spiro atoms. The minimum absolute atomic E-state index is 0.0889. The molecular weight excluding hydrogens is 248 g/mol. The standard InChI is InChI=1S/C9H8N2O3S2/c1-6-8(12)9(15-11-6)16(13,14)7-4-2-3-5-10-7/h2-5,12H,1H3. The molecule has 0 bridgehead atoms. The summed E-state index contributed by atoms with van der Waals surface area (Å²) in [4.78, 5) is 3.76. The molecule has 7 heteroatoms. The van der Waals surface area contributed by atoms with Crippen LogP contribution in [-0.2, 0) is 9.84 Å². The number of aromatic hydroxyl groups is 1. The van der Waals surface area contributed by atoms with E-state index in [1.807, 2.05) is 0 Å². The minimum Gasteiger partial charge on any atom is -0.504 e. The first kappa shape index (κ1) is 11.0. The van der Waals surface area contributed by atoms with Crippen molar-refractivity contribution >= 4 is 21.4 Å². The number of sulfone groups is 1. The highest BCUT2D eigenvalue weighted by Gasteiger charge is 2.26. The van der Waals surface area contributed by atoms with E-state index >= 15 is 0 Å². The highest BCUT2D eigenvalue weighted by molar-refractivity contribution is 7.93. The molecule has 0 aliphatic rings. The van der Waals surface area contributed by atoms with Crippen LogP contribution in [0.1, 0.15) is 5.69 Å². The van der Waals surface area contributed by atoms with Crippen LogP contribution in [0.2, 0.25) is 0 Å². The topological polar surface area (TPSA) is 80.2 Å². The van der Waals surface area contributed by atoms with E-state index in [0.29, 0.717) is 5.69 Å². The summed E-state index contributed by atoms with van der Waals surface area (Å²) in [7, 11) is -3.75. The second-order valence-corrected chi connectivity index (χ2v) is 5.94. The smallest absolute Gasteiger partial charge is 0.238 e. The summed E-state index contributed by atoms with van der Waals surface area (Å²) in [6.45, 7) is 1.54. The molecule has 0 unspecified atom stereocenters. The van der Waals surface area contributed by atoms with Crippen molar-refractivity contribution in [1.29, 1.82) is 0 Å². The molecule has 5 nitrogen and oxygen atoms in total. The molecule has 2 aromatic rings. The van der Waals surface area contributed by atoms with Crippen molar-refractivity contribution in [3.05, 3.63) is 30.1 Å². The third kappa shape index (κ3) is 1.68. The summed E-state index contributed by atoms with van der Waals surface area (Å²) in [6, 6.07) is 4.57. The van der Waals surface area contributed by atoms with Crippen molar-refractivity contribution in [2.24, 2.45) is 0 Å². The Morgan fingerprint density at radius 2 is 2.12 bits per heavy atom. The third-order valence-corrected chi connectivity index (χ3v) is 5.04. The monoisotopic (exact) mass is 256 g/mol. The van der Waals surface area contributed by atoms with Gasteiger partial charge in [0.15, 0.2) is 15.0 Å². The van der Waals surface area contributed by atoms with Gasteiger partial charge in [0.25, 0.3) is 0 Å². The molecule has 2 aromatic heterocycles. The molecular formula is C9H8N2O3S2. The number of hydrogen-bond acceptors (Lipinski definition) is 6. The van der Waals surface area contributed by atoms with Crippen molar-refractivity contribution < 1.29 is 13.5 Å². The largest absolute Gasteiger partial charge is 0.504 e. The molecule has 84 valence electrons. The zero-order valence-electron chi connectivity index (χ0n) is 8.28. The van der Waals surface area contributed by atoms with Crippen molar-refractivity contribution in [1.82, 2.24) is 9.36 Å². The Kier molecular flexibility index (Phi) is 2.64. The van der Waals surface area contributed by atoms with E-state index in [1.165, 1.54) is 12.3 Å². The third-order valence-electron chi connectivity index (χ3n) is 1.96. The van der Waals surface area contributed by atoms with Crippen LogP contribution in [0.15, 0.2) is 33.6 Å². The molecule has 0 amide bonds. The van der Waals surface area contributed by atoms with Gasteiger partial charge >= 0.3 is 0 Å². The first-order valence-electron chi connectivity index (χ1n) is 4.35. The molecule has 0 aliphatic carbocycles. The van der Waals surface area contributed by atoms with Crippen molar-refractivity contribution in [2.75, 3.05) is 0 Å². The second kappa shape index (κ2) is 3.84. The van der Waals surface area contributed by atoms with Gasteiger partial charge in [0.1, 0.15) is 0 Å². The quantitative estimate of drug-likeness (QED) is 0.878. The Balaban J connectivity index is 2.61. The summed E-state index contributed by atoms with van der Waals surface area (Å²) in [6.07, 6.45) is 1.39. The molecule has 16 heavy (non-hydrogen) atoms. The highest BCUT2D eigenvalue weighted by atomic mass is 32.2. The lowest BCUT2D eigenvalue weighted by Gasteiger charge is -2.00. The molecule has 0 saturated heterocycles. The number of nitrogens with zero attached hydrogens (tertiary/aromatic N) is 2. The molecule has 0 atom stereocenters. The van der Waals surface area contributed by atoms with Gasteiger partial charge < -0.3 is 5.11 Å². The Bertz CT molecular complexity index is 605. The van der Waals surface area contributed by atoms with E-state index in [9.17, 15) is 13.5 Å². The molecule has 0 aliphatic heterocycles. The predicted molar refractivity (Wildman–Crippen MR) is 58.2 cm³/mol. The maximum atomic E-state index is 12.0. The number of hydrogen-bond donors (Lipinski definition) is 1. The van der Waals surface area contributed by atoms with E-state index < -0.39 is 9.84 Å². The normalized spacial score (nSPS) is 11.6. The van der Waals surface area contributed by atoms with Crippen LogP contribution in [0, 0.1) is 6.92 Å². The van der Waals surface area contributed by atoms with Gasteiger partial charge in [0.05, 0.1) is 5.69 Å². The van der Waals surface area contributed by atoms with Gasteiger partial charge in [0, 0.05) is 6.20 Å². The van der Waals surface area contributed by atoms with Crippen LogP contribution in [-0.4, -0.2) is 22.9 Å². The van der Waals surface area contributed by atoms with Gasteiger partial charge in [-0.25, -0.2) is 13.4 Å². The van der Waals surface area contributed by atoms with Gasteiger partial charge in [-0.1, -0.05) is 6.07 Å². The summed E-state index contributed by atoms with van der Waals surface area (Å²) < 4.78 is 27.7. The highest BCUT2D eigenvalue weighted by Crippen LogP contribution is 2.33. The maximum Gasteiger partial charge on any atom is 0.238 e. The van der Waals surface area contributed by atoms with Gasteiger partial charge in [-0.2, -0.15) is 4.37 Å². The van der Waals surface area contributed by atoms with Gasteiger partial charge in [0.2, 0.25) is 9.84 Å². The van der Waals surface area contributed by atoms with Crippen molar-refractivity contribution in [3.8, 4) is 5.75 Å². The van der Waals surface area contributed by atoms with Crippen LogP contribution in [0.5, 0.6) is 5.75 Å². The summed E-state index contributed by atoms with van der Waals surface area (Å²) >= 11 is 0.750. The van der Waals surface area contributed by atoms with Crippen LogP contribution >= 0.6 is 11.5 Å². The number of pyridine rings is 1. The van der Waals surface area contributed by atoms with E-state index in [4.69, 9.17) is 0 Å². The fourth-order valence-electron chi connectivity index (χ4n) is 1.12. The average molecular weight is 256 g/mol. The molecule has 0 fully saturated rings. The Morgan fingerprint density at radius 3 is 2.62 bits per heavy atom. The number of aromatic nitrogens is 2. The Hall–Kier alpha value is -1.47. The molecule has 2 heterocycles. The van der Waals surface area contributed by atoms with Crippen LogP contribution in [0.4, 0.5) is 0 Å². The number of aryl methyl sites for hydroxylation is 1. The first-order chi connectivity index (χ1) is 7.53. The molecule has 0 saturated carbocycles. The van der Waals surface area contributed by atoms with Crippen molar-refractivity contribution in [2.45, 2.75) is 16.2 Å². The van der Waals surface area contributed by atoms with Gasteiger partial charge in [-0.05, 0) is 30.6 Å². The van der Waals surface area contributed by atoms with Crippen molar-refractivity contribution in [3.63, 3.8) is 0 Å². The van der Waals surface area contributed by atoms with Crippen LogP contribution < -0.4 is 0 Å². The zero-order chi connectivity index (χ0) is 11.8. The lowest BCUT2D eigenvalue weighted by atomic mass is 10.5. The Labute approximate surface area is 96.5 Å². The SMILES string of the molecule is Cc1nsc(S(=O)(=O)c2ccccn2)c1O. The lowest BCUT2D eigenvalue weighted by Crippen LogP contribution is -2.02. The van der Waals surface area contributed by atoms with E-state index in [0.717, 1.165) is 11.5 Å².